The molecule has 0 aromatic carbocycles. The molecule has 90 valence electrons. The van der Waals surface area contributed by atoms with Gasteiger partial charge < -0.3 is 25.4 Å². The minimum absolute atomic E-state index is 0.387. The smallest absolute Gasteiger partial charge is 0.217 e. The number of carbonyl (C=O) groups excluding carboxylic acids is 1. The first-order valence-electron chi connectivity index (χ1n) is 4.87. The van der Waals surface area contributed by atoms with Crippen LogP contribution >= 0.6 is 0 Å². The van der Waals surface area contributed by atoms with Gasteiger partial charge in [0.15, 0.2) is 0 Å². The van der Waals surface area contributed by atoms with Gasteiger partial charge in [-0.2, -0.15) is 0 Å². The summed E-state index contributed by atoms with van der Waals surface area (Å²) in [6, 6.07) is -0.875. The zero-order chi connectivity index (χ0) is 12.3. The van der Waals surface area contributed by atoms with Crippen molar-refractivity contribution in [1.29, 1.82) is 0 Å². The van der Waals surface area contributed by atoms with E-state index in [0.717, 1.165) is 0 Å². The Bertz CT molecular complexity index is 300. The molecule has 6 heteroatoms. The fourth-order valence-corrected chi connectivity index (χ4v) is 1.65. The Labute approximate surface area is 93.2 Å². The number of aliphatic hydroxyl groups is 3. The predicted molar refractivity (Wildman–Crippen MR) is 54.2 cm³/mol. The Balaban J connectivity index is 2.82. The fourth-order valence-electron chi connectivity index (χ4n) is 1.65. The van der Waals surface area contributed by atoms with Gasteiger partial charge in [0.2, 0.25) is 5.91 Å². The van der Waals surface area contributed by atoms with E-state index < -0.39 is 37.1 Å². The van der Waals surface area contributed by atoms with Crippen molar-refractivity contribution in [3.05, 3.63) is 0 Å². The van der Waals surface area contributed by atoms with Crippen LogP contribution in [-0.4, -0.2) is 58.3 Å². The number of hydrogen-bond donors (Lipinski definition) is 4. The minimum Gasteiger partial charge on any atom is -0.394 e. The van der Waals surface area contributed by atoms with E-state index in [9.17, 15) is 15.0 Å². The Morgan fingerprint density at radius 3 is 2.56 bits per heavy atom. The highest BCUT2D eigenvalue weighted by atomic mass is 16.5. The first-order valence-corrected chi connectivity index (χ1v) is 4.87. The molecule has 1 saturated heterocycles. The van der Waals surface area contributed by atoms with Crippen LogP contribution in [0, 0.1) is 12.3 Å². The van der Waals surface area contributed by atoms with E-state index in [2.05, 4.69) is 11.2 Å². The summed E-state index contributed by atoms with van der Waals surface area (Å²) < 4.78 is 5.17. The lowest BCUT2D eigenvalue weighted by atomic mass is 9.93. The molecule has 0 bridgehead atoms. The maximum absolute atomic E-state index is 10.9. The minimum atomic E-state index is -1.29. The summed E-state index contributed by atoms with van der Waals surface area (Å²) in [6.07, 6.45) is 0.821. The second-order valence-electron chi connectivity index (χ2n) is 3.65. The summed E-state index contributed by atoms with van der Waals surface area (Å²) >= 11 is 0. The van der Waals surface area contributed by atoms with Crippen molar-refractivity contribution in [2.24, 2.45) is 0 Å². The highest BCUT2D eigenvalue weighted by Gasteiger charge is 2.43. The monoisotopic (exact) mass is 229 g/mol. The third kappa shape index (κ3) is 2.51. The van der Waals surface area contributed by atoms with E-state index in [4.69, 9.17) is 16.3 Å². The van der Waals surface area contributed by atoms with E-state index in [1.54, 1.807) is 0 Å². The lowest BCUT2D eigenvalue weighted by Gasteiger charge is -2.40. The quantitative estimate of drug-likeness (QED) is 0.396. The summed E-state index contributed by atoms with van der Waals surface area (Å²) in [6.45, 7) is 0.813. The molecule has 16 heavy (non-hydrogen) atoms. The first-order chi connectivity index (χ1) is 7.51. The number of aliphatic hydroxyl groups excluding tert-OH is 3. The average molecular weight is 229 g/mol. The maximum Gasteiger partial charge on any atom is 0.217 e. The molecule has 1 rings (SSSR count). The maximum atomic E-state index is 10.9. The topological polar surface area (TPSA) is 99.0 Å². The molecule has 1 heterocycles. The molecule has 0 radical (unpaired) electrons. The summed E-state index contributed by atoms with van der Waals surface area (Å²) in [7, 11) is 0. The van der Waals surface area contributed by atoms with Crippen molar-refractivity contribution >= 4 is 5.91 Å². The molecular weight excluding hydrogens is 214 g/mol. The van der Waals surface area contributed by atoms with Crippen LogP contribution in [0.5, 0.6) is 0 Å². The number of amides is 1. The Kier molecular flexibility index (Phi) is 4.26. The zero-order valence-corrected chi connectivity index (χ0v) is 8.83. The van der Waals surface area contributed by atoms with Gasteiger partial charge in [0.25, 0.3) is 0 Å². The number of ether oxygens (including phenoxy) is 1. The molecule has 1 aliphatic heterocycles. The molecule has 0 aromatic rings. The summed E-state index contributed by atoms with van der Waals surface area (Å²) in [5.74, 6) is 1.87. The molecule has 5 atom stereocenters. The molecule has 1 aliphatic rings. The third-order valence-corrected chi connectivity index (χ3v) is 2.46. The van der Waals surface area contributed by atoms with Gasteiger partial charge in [0.1, 0.15) is 24.4 Å². The fraction of sp³-hybridized carbons (Fsp3) is 0.700. The van der Waals surface area contributed by atoms with Gasteiger partial charge in [-0.25, -0.2) is 0 Å². The van der Waals surface area contributed by atoms with Gasteiger partial charge >= 0.3 is 0 Å². The van der Waals surface area contributed by atoms with Crippen molar-refractivity contribution < 1.29 is 24.9 Å². The van der Waals surface area contributed by atoms with Crippen LogP contribution in [0.2, 0.25) is 0 Å². The molecule has 6 nitrogen and oxygen atoms in total. The van der Waals surface area contributed by atoms with Crippen LogP contribution < -0.4 is 5.32 Å². The van der Waals surface area contributed by atoms with E-state index in [1.807, 2.05) is 0 Å². The van der Waals surface area contributed by atoms with Crippen LogP contribution in [0.25, 0.3) is 0 Å². The Morgan fingerprint density at radius 1 is 1.50 bits per heavy atom. The van der Waals surface area contributed by atoms with Gasteiger partial charge in [0.05, 0.1) is 12.6 Å². The second kappa shape index (κ2) is 5.27. The zero-order valence-electron chi connectivity index (χ0n) is 8.83. The van der Waals surface area contributed by atoms with E-state index in [-0.39, 0.29) is 5.91 Å². The van der Waals surface area contributed by atoms with E-state index in [0.29, 0.717) is 0 Å². The standard InChI is InChI=1S/C10H15NO5/c1-3-6-8(11-5(2)13)10(15)9(14)7(4-12)16-6/h1,6-10,12,14-15H,4H2,2H3,(H,11,13)/t6-,7-,8+,9-,10-/m1/s1. The van der Waals surface area contributed by atoms with Crippen molar-refractivity contribution in [3.63, 3.8) is 0 Å². The lowest BCUT2D eigenvalue weighted by molar-refractivity contribution is -0.181. The van der Waals surface area contributed by atoms with Crippen LogP contribution in [0.4, 0.5) is 0 Å². The summed E-state index contributed by atoms with van der Waals surface area (Å²) in [5, 5.41) is 30.6. The summed E-state index contributed by atoms with van der Waals surface area (Å²) in [4.78, 5) is 10.9. The van der Waals surface area contributed by atoms with Crippen LogP contribution in [0.15, 0.2) is 0 Å². The molecule has 4 N–H and O–H groups in total. The second-order valence-corrected chi connectivity index (χ2v) is 3.65. The van der Waals surface area contributed by atoms with Crippen molar-refractivity contribution in [1.82, 2.24) is 5.32 Å². The number of rotatable bonds is 2. The van der Waals surface area contributed by atoms with Crippen LogP contribution in [0.1, 0.15) is 6.92 Å². The number of terminal acetylenes is 1. The van der Waals surface area contributed by atoms with Gasteiger partial charge in [-0.05, 0) is 0 Å². The van der Waals surface area contributed by atoms with E-state index >= 15 is 0 Å². The molecule has 0 unspecified atom stereocenters. The van der Waals surface area contributed by atoms with Gasteiger partial charge in [-0.1, -0.05) is 5.92 Å². The molecule has 1 amide bonds. The Morgan fingerprint density at radius 2 is 2.12 bits per heavy atom. The predicted octanol–water partition coefficient (Wildman–Crippen LogP) is -2.39. The SMILES string of the molecule is C#C[C@H]1O[C@H](CO)[C@@H](O)[C@H](O)[C@H]1NC(C)=O. The normalized spacial score (nSPS) is 38.8. The van der Waals surface area contributed by atoms with Gasteiger partial charge in [-0.15, -0.1) is 6.42 Å². The Hall–Kier alpha value is -1.13. The van der Waals surface area contributed by atoms with E-state index in [1.165, 1.54) is 6.92 Å². The number of carbonyl (C=O) groups is 1. The number of hydrogen-bond acceptors (Lipinski definition) is 5. The van der Waals surface area contributed by atoms with Gasteiger partial charge in [0, 0.05) is 6.92 Å². The lowest BCUT2D eigenvalue weighted by Crippen LogP contribution is -2.63. The molecule has 0 saturated carbocycles. The van der Waals surface area contributed by atoms with Crippen LogP contribution in [0.3, 0.4) is 0 Å². The van der Waals surface area contributed by atoms with Crippen molar-refractivity contribution in [2.75, 3.05) is 6.61 Å². The highest BCUT2D eigenvalue weighted by molar-refractivity contribution is 5.73. The van der Waals surface area contributed by atoms with Crippen LogP contribution in [-0.2, 0) is 9.53 Å². The molecule has 0 aliphatic carbocycles. The number of nitrogens with one attached hydrogen (secondary N) is 1. The van der Waals surface area contributed by atoms with Crippen molar-refractivity contribution in [3.8, 4) is 12.3 Å². The molecule has 0 aromatic heterocycles. The summed E-state index contributed by atoms with van der Waals surface area (Å²) in [5.41, 5.74) is 0. The highest BCUT2D eigenvalue weighted by Crippen LogP contribution is 2.20. The third-order valence-electron chi connectivity index (χ3n) is 2.46. The van der Waals surface area contributed by atoms with Gasteiger partial charge in [-0.3, -0.25) is 4.79 Å². The largest absolute Gasteiger partial charge is 0.394 e. The molecule has 0 spiro atoms. The van der Waals surface area contributed by atoms with Crippen molar-refractivity contribution in [2.45, 2.75) is 37.4 Å². The molecule has 1 fully saturated rings. The molecular formula is C10H15NO5. The average Bonchev–Trinajstić information content (AvgIpc) is 2.25. The first kappa shape index (κ1) is 12.9.